The predicted octanol–water partition coefficient (Wildman–Crippen LogP) is 5.28. The van der Waals surface area contributed by atoms with Gasteiger partial charge < -0.3 is 4.74 Å². The lowest BCUT2D eigenvalue weighted by Gasteiger charge is -2.07. The van der Waals surface area contributed by atoms with Crippen LogP contribution in [0.4, 0.5) is 0 Å². The van der Waals surface area contributed by atoms with Gasteiger partial charge in [-0.15, -0.1) is 11.6 Å². The molecule has 1 heterocycles. The van der Waals surface area contributed by atoms with Crippen LogP contribution >= 0.6 is 11.6 Å². The number of ether oxygens (including phenoxy) is 1. The van der Waals surface area contributed by atoms with E-state index in [1.807, 2.05) is 60.7 Å². The molecular formula is C18H14ClNO. The van der Waals surface area contributed by atoms with E-state index >= 15 is 0 Å². The van der Waals surface area contributed by atoms with Crippen LogP contribution in [0, 0.1) is 0 Å². The minimum absolute atomic E-state index is 0.379. The zero-order valence-corrected chi connectivity index (χ0v) is 12.1. The van der Waals surface area contributed by atoms with E-state index in [-0.39, 0.29) is 0 Å². The molecule has 0 aliphatic carbocycles. The van der Waals surface area contributed by atoms with Gasteiger partial charge in [-0.05, 0) is 29.3 Å². The third-order valence-corrected chi connectivity index (χ3v) is 3.38. The summed E-state index contributed by atoms with van der Waals surface area (Å²) in [6, 6.07) is 23.8. The van der Waals surface area contributed by atoms with Gasteiger partial charge in [-0.3, -0.25) is 0 Å². The average molecular weight is 296 g/mol. The second kappa shape index (κ2) is 6.42. The highest BCUT2D eigenvalue weighted by Crippen LogP contribution is 2.25. The highest BCUT2D eigenvalue weighted by molar-refractivity contribution is 6.16. The Morgan fingerprint density at radius 2 is 1.48 bits per heavy atom. The third kappa shape index (κ3) is 3.41. The summed E-state index contributed by atoms with van der Waals surface area (Å²) in [4.78, 5) is 4.31. The van der Waals surface area contributed by atoms with Crippen molar-refractivity contribution in [3.05, 3.63) is 78.5 Å². The van der Waals surface area contributed by atoms with E-state index in [1.54, 1.807) is 0 Å². The molecule has 0 radical (unpaired) electrons. The fraction of sp³-hybridized carbons (Fsp3) is 0.0556. The van der Waals surface area contributed by atoms with Crippen LogP contribution in [0.25, 0.3) is 11.1 Å². The van der Waals surface area contributed by atoms with Crippen molar-refractivity contribution in [3.8, 4) is 22.8 Å². The van der Waals surface area contributed by atoms with Crippen molar-refractivity contribution >= 4 is 11.6 Å². The zero-order valence-electron chi connectivity index (χ0n) is 11.4. The van der Waals surface area contributed by atoms with Crippen LogP contribution in [0.15, 0.2) is 72.8 Å². The molecule has 0 saturated carbocycles. The van der Waals surface area contributed by atoms with Crippen molar-refractivity contribution in [2.45, 2.75) is 5.88 Å². The number of alkyl halides is 1. The smallest absolute Gasteiger partial charge is 0.219 e. The fourth-order valence-electron chi connectivity index (χ4n) is 2.06. The summed E-state index contributed by atoms with van der Waals surface area (Å²) in [5.74, 6) is 1.69. The molecule has 2 nitrogen and oxygen atoms in total. The van der Waals surface area contributed by atoms with E-state index in [0.717, 1.165) is 17.0 Å². The average Bonchev–Trinajstić information content (AvgIpc) is 2.56. The topological polar surface area (TPSA) is 22.1 Å². The predicted molar refractivity (Wildman–Crippen MR) is 85.7 cm³/mol. The summed E-state index contributed by atoms with van der Waals surface area (Å²) in [5, 5.41) is 0. The number of rotatable bonds is 4. The Kier molecular flexibility index (Phi) is 4.17. The van der Waals surface area contributed by atoms with E-state index in [9.17, 15) is 0 Å². The van der Waals surface area contributed by atoms with Crippen LogP contribution in [0.2, 0.25) is 0 Å². The summed E-state index contributed by atoms with van der Waals surface area (Å²) in [7, 11) is 0. The van der Waals surface area contributed by atoms with E-state index in [1.165, 1.54) is 5.56 Å². The van der Waals surface area contributed by atoms with Gasteiger partial charge in [-0.25, -0.2) is 4.98 Å². The first-order chi connectivity index (χ1) is 10.3. The minimum Gasteiger partial charge on any atom is -0.439 e. The van der Waals surface area contributed by atoms with Gasteiger partial charge in [0, 0.05) is 6.07 Å². The summed E-state index contributed by atoms with van der Waals surface area (Å²) in [6.07, 6.45) is 0. The van der Waals surface area contributed by atoms with Gasteiger partial charge in [0.1, 0.15) is 5.75 Å². The van der Waals surface area contributed by atoms with Gasteiger partial charge in [-0.2, -0.15) is 0 Å². The maximum absolute atomic E-state index is 5.77. The molecule has 21 heavy (non-hydrogen) atoms. The van der Waals surface area contributed by atoms with Crippen LogP contribution in [0.3, 0.4) is 0 Å². The molecule has 0 aliphatic heterocycles. The molecule has 3 rings (SSSR count). The van der Waals surface area contributed by atoms with E-state index < -0.39 is 0 Å². The molecule has 0 aliphatic rings. The van der Waals surface area contributed by atoms with Crippen molar-refractivity contribution in [3.63, 3.8) is 0 Å². The number of pyridine rings is 1. The van der Waals surface area contributed by atoms with E-state index in [2.05, 4.69) is 17.1 Å². The van der Waals surface area contributed by atoms with Gasteiger partial charge in [0.25, 0.3) is 0 Å². The molecule has 0 unspecified atom stereocenters. The van der Waals surface area contributed by atoms with Crippen LogP contribution < -0.4 is 4.74 Å². The largest absolute Gasteiger partial charge is 0.439 e. The van der Waals surface area contributed by atoms with Crippen LogP contribution in [0.1, 0.15) is 5.69 Å². The van der Waals surface area contributed by atoms with Crippen LogP contribution in [-0.2, 0) is 5.88 Å². The first kappa shape index (κ1) is 13.7. The molecule has 0 N–H and O–H groups in total. The van der Waals surface area contributed by atoms with Gasteiger partial charge in [0.15, 0.2) is 0 Å². The molecule has 104 valence electrons. The lowest BCUT2D eigenvalue weighted by atomic mass is 10.1. The van der Waals surface area contributed by atoms with Gasteiger partial charge >= 0.3 is 0 Å². The monoisotopic (exact) mass is 295 g/mol. The standard InChI is InChI=1S/C18H14ClNO/c19-13-16-7-4-8-18(20-16)21-17-11-9-15(10-12-17)14-5-2-1-3-6-14/h1-12H,13H2. The molecule has 0 atom stereocenters. The first-order valence-corrected chi connectivity index (χ1v) is 7.24. The number of benzene rings is 2. The number of hydrogen-bond acceptors (Lipinski definition) is 2. The Hall–Kier alpha value is -2.32. The highest BCUT2D eigenvalue weighted by atomic mass is 35.5. The molecule has 3 aromatic rings. The van der Waals surface area contributed by atoms with E-state index in [0.29, 0.717) is 11.8 Å². The quantitative estimate of drug-likeness (QED) is 0.611. The van der Waals surface area contributed by atoms with Gasteiger partial charge in [0.2, 0.25) is 5.88 Å². The molecule has 0 spiro atoms. The normalized spacial score (nSPS) is 10.3. The Morgan fingerprint density at radius 3 is 2.19 bits per heavy atom. The van der Waals surface area contributed by atoms with Crippen molar-refractivity contribution in [1.82, 2.24) is 4.98 Å². The summed E-state index contributed by atoms with van der Waals surface area (Å²) in [6.45, 7) is 0. The fourth-order valence-corrected chi connectivity index (χ4v) is 2.20. The highest BCUT2D eigenvalue weighted by Gasteiger charge is 2.01. The Bertz CT molecular complexity index is 711. The van der Waals surface area contributed by atoms with Gasteiger partial charge in [-0.1, -0.05) is 48.5 Å². The van der Waals surface area contributed by atoms with Crippen molar-refractivity contribution in [1.29, 1.82) is 0 Å². The molecule has 0 fully saturated rings. The molecule has 3 heteroatoms. The SMILES string of the molecule is ClCc1cccc(Oc2ccc(-c3ccccc3)cc2)n1. The lowest BCUT2D eigenvalue weighted by Crippen LogP contribution is -1.91. The zero-order chi connectivity index (χ0) is 14.5. The lowest BCUT2D eigenvalue weighted by molar-refractivity contribution is 0.461. The Morgan fingerprint density at radius 1 is 0.762 bits per heavy atom. The van der Waals surface area contributed by atoms with Gasteiger partial charge in [0.05, 0.1) is 11.6 Å². The molecule has 1 aromatic heterocycles. The summed E-state index contributed by atoms with van der Waals surface area (Å²) in [5.41, 5.74) is 3.15. The number of aromatic nitrogens is 1. The van der Waals surface area contributed by atoms with Crippen molar-refractivity contribution in [2.75, 3.05) is 0 Å². The Balaban J connectivity index is 1.78. The maximum Gasteiger partial charge on any atom is 0.219 e. The molecule has 0 saturated heterocycles. The second-order valence-corrected chi connectivity index (χ2v) is 4.86. The summed E-state index contributed by atoms with van der Waals surface area (Å²) < 4.78 is 5.74. The van der Waals surface area contributed by atoms with E-state index in [4.69, 9.17) is 16.3 Å². The molecular weight excluding hydrogens is 282 g/mol. The number of halogens is 1. The van der Waals surface area contributed by atoms with Crippen molar-refractivity contribution in [2.24, 2.45) is 0 Å². The Labute approximate surface area is 129 Å². The number of nitrogens with zero attached hydrogens (tertiary/aromatic N) is 1. The number of hydrogen-bond donors (Lipinski definition) is 0. The minimum atomic E-state index is 0.379. The second-order valence-electron chi connectivity index (χ2n) is 4.59. The van der Waals surface area contributed by atoms with Crippen molar-refractivity contribution < 1.29 is 4.74 Å². The first-order valence-electron chi connectivity index (χ1n) is 6.70. The van der Waals surface area contributed by atoms with Crippen LogP contribution in [0.5, 0.6) is 11.6 Å². The molecule has 2 aromatic carbocycles. The third-order valence-electron chi connectivity index (χ3n) is 3.10. The maximum atomic E-state index is 5.77. The molecule has 0 amide bonds. The molecule has 0 bridgehead atoms. The summed E-state index contributed by atoms with van der Waals surface area (Å²) >= 11 is 5.77. The van der Waals surface area contributed by atoms with Crippen LogP contribution in [-0.4, -0.2) is 4.98 Å².